The van der Waals surface area contributed by atoms with Crippen LogP contribution in [0.15, 0.2) is 58.3 Å². The summed E-state index contributed by atoms with van der Waals surface area (Å²) in [5, 5.41) is 0. The zero-order valence-corrected chi connectivity index (χ0v) is 18.7. The SMILES string of the molecule is Cc1ccc(S(=O)(=O)OC[C@@H]2C[C@@H]3C[C@@H]2[C@@H](OS(=O)(=O)c2ccc(C)cc2)C3)cc1. The van der Waals surface area contributed by atoms with Crippen LogP contribution in [0.5, 0.6) is 0 Å². The topological polar surface area (TPSA) is 86.7 Å². The lowest BCUT2D eigenvalue weighted by molar-refractivity contribution is 0.0852. The quantitative estimate of drug-likeness (QED) is 0.596. The molecule has 2 aliphatic carbocycles. The lowest BCUT2D eigenvalue weighted by Crippen LogP contribution is -2.32. The zero-order valence-electron chi connectivity index (χ0n) is 17.0. The molecular weight excluding hydrogens is 424 g/mol. The maximum Gasteiger partial charge on any atom is 0.297 e. The Morgan fingerprint density at radius 1 is 0.767 bits per heavy atom. The van der Waals surface area contributed by atoms with E-state index in [2.05, 4.69) is 0 Å². The zero-order chi connectivity index (χ0) is 21.5. The van der Waals surface area contributed by atoms with Gasteiger partial charge in [0.2, 0.25) is 0 Å². The van der Waals surface area contributed by atoms with Crippen molar-refractivity contribution in [3.05, 3.63) is 59.7 Å². The normalized spacial score (nSPS) is 26.2. The molecule has 4 rings (SSSR count). The van der Waals surface area contributed by atoms with Gasteiger partial charge in [-0.2, -0.15) is 16.8 Å². The average Bonchev–Trinajstić information content (AvgIpc) is 3.27. The summed E-state index contributed by atoms with van der Waals surface area (Å²) in [6, 6.07) is 13.1. The molecule has 4 atom stereocenters. The van der Waals surface area contributed by atoms with Crippen LogP contribution in [0, 0.1) is 31.6 Å². The van der Waals surface area contributed by atoms with Gasteiger partial charge >= 0.3 is 0 Å². The summed E-state index contributed by atoms with van der Waals surface area (Å²) in [4.78, 5) is 0.275. The molecule has 30 heavy (non-hydrogen) atoms. The first-order valence-corrected chi connectivity index (χ1v) is 12.9. The Morgan fingerprint density at radius 3 is 1.83 bits per heavy atom. The third-order valence-electron chi connectivity index (χ3n) is 6.20. The summed E-state index contributed by atoms with van der Waals surface area (Å²) in [6.07, 6.45) is 1.91. The van der Waals surface area contributed by atoms with Crippen molar-refractivity contribution >= 4 is 20.2 Å². The highest BCUT2D eigenvalue weighted by Gasteiger charge is 2.49. The molecule has 0 spiro atoms. The van der Waals surface area contributed by atoms with Crippen molar-refractivity contribution in [2.75, 3.05) is 6.61 Å². The van der Waals surface area contributed by atoms with E-state index in [1.165, 1.54) is 12.1 Å². The molecule has 2 aromatic carbocycles. The maximum atomic E-state index is 12.7. The smallest absolute Gasteiger partial charge is 0.266 e. The molecule has 2 saturated carbocycles. The van der Waals surface area contributed by atoms with Crippen LogP contribution in [-0.4, -0.2) is 29.5 Å². The lowest BCUT2D eigenvalue weighted by atomic mass is 9.87. The molecule has 0 heterocycles. The standard InChI is InChI=1S/C22H26O6S2/c1-15-3-7-19(8-4-15)29(23,24)27-14-18-11-17-12-21(18)22(13-17)28-30(25,26)20-9-5-16(2)6-10-20/h3-10,17-18,21-22H,11-14H2,1-2H3/t17-,18+,21+,22+/m1/s1. The summed E-state index contributed by atoms with van der Waals surface area (Å²) in [5.74, 6) is 0.273. The molecular formula is C22H26O6S2. The minimum Gasteiger partial charge on any atom is -0.266 e. The summed E-state index contributed by atoms with van der Waals surface area (Å²) in [6.45, 7) is 3.82. The summed E-state index contributed by atoms with van der Waals surface area (Å²) >= 11 is 0. The minimum absolute atomic E-state index is 0.0246. The molecule has 2 fully saturated rings. The minimum atomic E-state index is -3.86. The highest BCUT2D eigenvalue weighted by molar-refractivity contribution is 7.87. The first-order valence-electron chi connectivity index (χ1n) is 10.1. The first-order chi connectivity index (χ1) is 14.1. The molecule has 162 valence electrons. The van der Waals surface area contributed by atoms with E-state index in [0.717, 1.165) is 24.0 Å². The van der Waals surface area contributed by atoms with Gasteiger partial charge in [-0.15, -0.1) is 0 Å². The third-order valence-corrected chi connectivity index (χ3v) is 8.84. The number of rotatable bonds is 7. The second-order valence-corrected chi connectivity index (χ2v) is 11.6. The predicted octanol–water partition coefficient (Wildman–Crippen LogP) is 3.83. The van der Waals surface area contributed by atoms with Gasteiger partial charge in [0, 0.05) is 0 Å². The van der Waals surface area contributed by atoms with Crippen molar-refractivity contribution in [3.63, 3.8) is 0 Å². The van der Waals surface area contributed by atoms with Gasteiger partial charge in [-0.3, -0.25) is 8.37 Å². The van der Waals surface area contributed by atoms with Crippen molar-refractivity contribution < 1.29 is 25.2 Å². The predicted molar refractivity (Wildman–Crippen MR) is 112 cm³/mol. The second kappa shape index (κ2) is 8.07. The maximum absolute atomic E-state index is 12.7. The Hall–Kier alpha value is -1.74. The van der Waals surface area contributed by atoms with Crippen molar-refractivity contribution in [1.82, 2.24) is 0 Å². The van der Waals surface area contributed by atoms with E-state index in [0.29, 0.717) is 12.3 Å². The van der Waals surface area contributed by atoms with E-state index in [-0.39, 0.29) is 28.2 Å². The molecule has 8 heteroatoms. The van der Waals surface area contributed by atoms with E-state index in [1.54, 1.807) is 36.4 Å². The summed E-state index contributed by atoms with van der Waals surface area (Å²) < 4.78 is 61.2. The molecule has 2 bridgehead atoms. The fourth-order valence-electron chi connectivity index (χ4n) is 4.60. The average molecular weight is 451 g/mol. The van der Waals surface area contributed by atoms with Crippen LogP contribution in [-0.2, 0) is 28.6 Å². The number of benzene rings is 2. The van der Waals surface area contributed by atoms with Crippen LogP contribution < -0.4 is 0 Å². The van der Waals surface area contributed by atoms with Gasteiger partial charge in [0.1, 0.15) is 0 Å². The Bertz CT molecular complexity index is 1100. The highest BCUT2D eigenvalue weighted by Crippen LogP contribution is 2.50. The van der Waals surface area contributed by atoms with Gasteiger partial charge in [0.15, 0.2) is 0 Å². The number of fused-ring (bicyclic) bond motifs is 2. The van der Waals surface area contributed by atoms with Gasteiger partial charge in [-0.05, 0) is 75.1 Å². The fraction of sp³-hybridized carbons (Fsp3) is 0.455. The van der Waals surface area contributed by atoms with Crippen LogP contribution in [0.2, 0.25) is 0 Å². The van der Waals surface area contributed by atoms with E-state index >= 15 is 0 Å². The molecule has 6 nitrogen and oxygen atoms in total. The molecule has 0 radical (unpaired) electrons. The second-order valence-electron chi connectivity index (χ2n) is 8.45. The molecule has 0 aromatic heterocycles. The van der Waals surface area contributed by atoms with Crippen LogP contribution in [0.4, 0.5) is 0 Å². The van der Waals surface area contributed by atoms with Crippen molar-refractivity contribution in [2.45, 2.75) is 49.0 Å². The molecule has 0 saturated heterocycles. The third kappa shape index (κ3) is 4.46. The van der Waals surface area contributed by atoms with E-state index < -0.39 is 26.3 Å². The highest BCUT2D eigenvalue weighted by atomic mass is 32.2. The van der Waals surface area contributed by atoms with Crippen molar-refractivity contribution in [1.29, 1.82) is 0 Å². The summed E-state index contributed by atoms with van der Waals surface area (Å²) in [5.41, 5.74) is 1.94. The number of hydrogen-bond donors (Lipinski definition) is 0. The Morgan fingerprint density at radius 2 is 1.30 bits per heavy atom. The van der Waals surface area contributed by atoms with Crippen LogP contribution in [0.25, 0.3) is 0 Å². The fourth-order valence-corrected chi connectivity index (χ4v) is 6.69. The number of aryl methyl sites for hydroxylation is 2. The van der Waals surface area contributed by atoms with Crippen LogP contribution in [0.3, 0.4) is 0 Å². The van der Waals surface area contributed by atoms with Gasteiger partial charge < -0.3 is 0 Å². The Balaban J connectivity index is 1.41. The van der Waals surface area contributed by atoms with Gasteiger partial charge in [-0.1, -0.05) is 35.4 Å². The molecule has 0 amide bonds. The van der Waals surface area contributed by atoms with E-state index in [9.17, 15) is 16.8 Å². The van der Waals surface area contributed by atoms with E-state index in [4.69, 9.17) is 8.37 Å². The van der Waals surface area contributed by atoms with Crippen LogP contribution >= 0.6 is 0 Å². The van der Waals surface area contributed by atoms with E-state index in [1.807, 2.05) is 13.8 Å². The Kier molecular flexibility index (Phi) is 5.78. The monoisotopic (exact) mass is 450 g/mol. The van der Waals surface area contributed by atoms with Crippen molar-refractivity contribution in [2.24, 2.45) is 17.8 Å². The van der Waals surface area contributed by atoms with Gasteiger partial charge in [0.05, 0.1) is 22.5 Å². The molecule has 0 N–H and O–H groups in total. The largest absolute Gasteiger partial charge is 0.297 e. The Labute approximate surface area is 178 Å². The van der Waals surface area contributed by atoms with Gasteiger partial charge in [0.25, 0.3) is 20.2 Å². The van der Waals surface area contributed by atoms with Crippen molar-refractivity contribution in [3.8, 4) is 0 Å². The molecule has 2 aromatic rings. The molecule has 2 aliphatic rings. The molecule has 0 aliphatic heterocycles. The molecule has 0 unspecified atom stereocenters. The van der Waals surface area contributed by atoms with Crippen LogP contribution in [0.1, 0.15) is 30.4 Å². The number of hydrogen-bond acceptors (Lipinski definition) is 6. The lowest BCUT2D eigenvalue weighted by Gasteiger charge is -2.28. The summed E-state index contributed by atoms with van der Waals surface area (Å²) in [7, 11) is -7.70. The van der Waals surface area contributed by atoms with Gasteiger partial charge in [-0.25, -0.2) is 0 Å². The first kappa shape index (κ1) is 21.5.